The summed E-state index contributed by atoms with van der Waals surface area (Å²) in [5.74, 6) is -1.06. The van der Waals surface area contributed by atoms with Crippen LogP contribution in [0.15, 0.2) is 40.8 Å². The summed E-state index contributed by atoms with van der Waals surface area (Å²) in [6.45, 7) is 0. The van der Waals surface area contributed by atoms with E-state index in [1.807, 2.05) is 0 Å². The van der Waals surface area contributed by atoms with E-state index in [2.05, 4.69) is 4.98 Å². The molecule has 2 aromatic heterocycles. The number of rotatable bonds is 3. The van der Waals surface area contributed by atoms with E-state index in [4.69, 9.17) is 23.2 Å². The molecule has 0 saturated carbocycles. The summed E-state index contributed by atoms with van der Waals surface area (Å²) in [5.41, 5.74) is -0.943. The van der Waals surface area contributed by atoms with Gasteiger partial charge in [0.25, 0.3) is 5.56 Å². The van der Waals surface area contributed by atoms with E-state index in [1.54, 1.807) is 11.4 Å². The SMILES string of the molecule is N#Cc1cc(C(=O)c2cc(Cl)cc(Cl)c2O)cn(-c2nccs2)c1=O. The minimum absolute atomic E-state index is 0.0139. The Balaban J connectivity index is 2.22. The zero-order valence-electron chi connectivity index (χ0n) is 12.2. The maximum atomic E-state index is 12.8. The van der Waals surface area contributed by atoms with Gasteiger partial charge in [-0.25, -0.2) is 4.98 Å². The molecule has 0 radical (unpaired) electrons. The van der Waals surface area contributed by atoms with Crippen molar-refractivity contribution in [2.75, 3.05) is 0 Å². The molecule has 0 atom stereocenters. The molecule has 6 nitrogen and oxygen atoms in total. The molecule has 0 aliphatic rings. The van der Waals surface area contributed by atoms with Gasteiger partial charge in [0.05, 0.1) is 10.6 Å². The number of carbonyl (C=O) groups is 1. The highest BCUT2D eigenvalue weighted by molar-refractivity contribution is 7.12. The predicted octanol–water partition coefficient (Wildman–Crippen LogP) is 3.41. The number of carbonyl (C=O) groups excluding carboxylic acids is 1. The van der Waals surface area contributed by atoms with Crippen molar-refractivity contribution in [3.8, 4) is 17.0 Å². The molecule has 0 amide bonds. The number of nitriles is 1. The summed E-state index contributed by atoms with van der Waals surface area (Å²) in [7, 11) is 0. The smallest absolute Gasteiger partial charge is 0.274 e. The first-order valence-electron chi connectivity index (χ1n) is 6.71. The first-order valence-corrected chi connectivity index (χ1v) is 8.35. The number of aromatic hydroxyl groups is 1. The minimum atomic E-state index is -0.635. The molecule has 3 rings (SSSR count). The van der Waals surface area contributed by atoms with Gasteiger partial charge in [-0.2, -0.15) is 5.26 Å². The van der Waals surface area contributed by atoms with Crippen molar-refractivity contribution >= 4 is 40.3 Å². The molecule has 3 aromatic rings. The van der Waals surface area contributed by atoms with Crippen LogP contribution in [0, 0.1) is 11.3 Å². The molecule has 0 unspecified atom stereocenters. The van der Waals surface area contributed by atoms with Crippen molar-refractivity contribution in [2.45, 2.75) is 0 Å². The Morgan fingerprint density at radius 3 is 2.72 bits per heavy atom. The van der Waals surface area contributed by atoms with Crippen molar-refractivity contribution in [1.82, 2.24) is 9.55 Å². The highest BCUT2D eigenvalue weighted by Crippen LogP contribution is 2.32. The lowest BCUT2D eigenvalue weighted by Crippen LogP contribution is -2.22. The number of thiazole rings is 1. The largest absolute Gasteiger partial charge is 0.506 e. The van der Waals surface area contributed by atoms with Gasteiger partial charge in [0.1, 0.15) is 17.4 Å². The molecule has 0 spiro atoms. The Morgan fingerprint density at radius 2 is 2.08 bits per heavy atom. The number of aromatic nitrogens is 2. The lowest BCUT2D eigenvalue weighted by Gasteiger charge is -2.09. The number of phenolic OH excluding ortho intramolecular Hbond substituents is 1. The summed E-state index contributed by atoms with van der Waals surface area (Å²) in [6.07, 6.45) is 2.76. The zero-order chi connectivity index (χ0) is 18.1. The lowest BCUT2D eigenvalue weighted by atomic mass is 10.0. The average Bonchev–Trinajstić information content (AvgIpc) is 3.12. The second-order valence-electron chi connectivity index (χ2n) is 4.86. The second kappa shape index (κ2) is 6.69. The quantitative estimate of drug-likeness (QED) is 0.690. The van der Waals surface area contributed by atoms with E-state index in [1.165, 1.54) is 35.9 Å². The van der Waals surface area contributed by atoms with Gasteiger partial charge in [-0.1, -0.05) is 23.2 Å². The Kier molecular flexibility index (Phi) is 4.59. The van der Waals surface area contributed by atoms with E-state index in [-0.39, 0.29) is 26.7 Å². The molecule has 0 saturated heterocycles. The molecule has 1 aromatic carbocycles. The molecular formula is C16H7Cl2N3O3S. The third-order valence-corrected chi connectivity index (χ3v) is 4.58. The number of phenols is 1. The number of benzene rings is 1. The van der Waals surface area contributed by atoms with Crippen molar-refractivity contribution in [1.29, 1.82) is 5.26 Å². The van der Waals surface area contributed by atoms with Gasteiger partial charge in [0, 0.05) is 28.4 Å². The Morgan fingerprint density at radius 1 is 1.32 bits per heavy atom. The number of ketones is 1. The molecule has 0 fully saturated rings. The molecule has 2 heterocycles. The van der Waals surface area contributed by atoms with Crippen LogP contribution in [0.3, 0.4) is 0 Å². The molecule has 0 bridgehead atoms. The minimum Gasteiger partial charge on any atom is -0.506 e. The van der Waals surface area contributed by atoms with Crippen molar-refractivity contribution < 1.29 is 9.90 Å². The van der Waals surface area contributed by atoms with Crippen LogP contribution in [0.5, 0.6) is 5.75 Å². The fourth-order valence-corrected chi connectivity index (χ4v) is 3.27. The van der Waals surface area contributed by atoms with E-state index in [0.717, 1.165) is 10.6 Å². The number of hydrogen-bond donors (Lipinski definition) is 1. The molecular weight excluding hydrogens is 385 g/mol. The Labute approximate surface area is 155 Å². The number of nitrogens with zero attached hydrogens (tertiary/aromatic N) is 3. The van der Waals surface area contributed by atoms with Gasteiger partial charge in [0.15, 0.2) is 10.9 Å². The van der Waals surface area contributed by atoms with Gasteiger partial charge in [-0.15, -0.1) is 11.3 Å². The van der Waals surface area contributed by atoms with Gasteiger partial charge < -0.3 is 5.11 Å². The van der Waals surface area contributed by atoms with Gasteiger partial charge >= 0.3 is 0 Å². The number of halogens is 2. The highest BCUT2D eigenvalue weighted by atomic mass is 35.5. The molecule has 9 heteroatoms. The van der Waals surface area contributed by atoms with Crippen molar-refractivity contribution in [3.63, 3.8) is 0 Å². The second-order valence-corrected chi connectivity index (χ2v) is 6.57. The summed E-state index contributed by atoms with van der Waals surface area (Å²) < 4.78 is 1.11. The van der Waals surface area contributed by atoms with Crippen LogP contribution in [-0.4, -0.2) is 20.4 Å². The van der Waals surface area contributed by atoms with E-state index < -0.39 is 17.1 Å². The standard InChI is InChI=1S/C16H7Cl2N3O3S/c17-10-4-11(14(23)12(18)5-10)13(22)9-3-8(6-19)15(24)21(7-9)16-20-1-2-25-16/h1-5,7,23H. The Bertz CT molecular complexity index is 1090. The van der Waals surface area contributed by atoms with Gasteiger partial charge in [-0.3, -0.25) is 14.2 Å². The first kappa shape index (κ1) is 17.2. The summed E-state index contributed by atoms with van der Waals surface area (Å²) in [6, 6.07) is 5.47. The molecule has 1 N–H and O–H groups in total. The third-order valence-electron chi connectivity index (χ3n) is 3.30. The summed E-state index contributed by atoms with van der Waals surface area (Å²) in [4.78, 5) is 29.1. The van der Waals surface area contributed by atoms with Gasteiger partial charge in [-0.05, 0) is 18.2 Å². The van der Waals surface area contributed by atoms with Crippen molar-refractivity contribution in [3.05, 3.63) is 73.1 Å². The zero-order valence-corrected chi connectivity index (χ0v) is 14.6. The Hall–Kier alpha value is -2.66. The molecule has 0 aliphatic carbocycles. The fraction of sp³-hybridized carbons (Fsp3) is 0. The lowest BCUT2D eigenvalue weighted by molar-refractivity contribution is 0.103. The van der Waals surface area contributed by atoms with Crippen LogP contribution in [0.4, 0.5) is 0 Å². The van der Waals surface area contributed by atoms with Gasteiger partial charge in [0.2, 0.25) is 0 Å². The fourth-order valence-electron chi connectivity index (χ4n) is 2.16. The number of hydrogen-bond acceptors (Lipinski definition) is 6. The van der Waals surface area contributed by atoms with Crippen molar-refractivity contribution in [2.24, 2.45) is 0 Å². The summed E-state index contributed by atoms with van der Waals surface area (Å²) in [5, 5.41) is 21.3. The predicted molar refractivity (Wildman–Crippen MR) is 94.0 cm³/mol. The topological polar surface area (TPSA) is 96.0 Å². The van der Waals surface area contributed by atoms with E-state index in [9.17, 15) is 20.0 Å². The molecule has 124 valence electrons. The molecule has 25 heavy (non-hydrogen) atoms. The van der Waals surface area contributed by atoms with Crippen LogP contribution in [-0.2, 0) is 0 Å². The first-order chi connectivity index (χ1) is 11.9. The maximum absolute atomic E-state index is 12.8. The highest BCUT2D eigenvalue weighted by Gasteiger charge is 2.20. The van der Waals surface area contributed by atoms with Crippen LogP contribution in [0.2, 0.25) is 10.0 Å². The normalized spacial score (nSPS) is 10.4. The average molecular weight is 392 g/mol. The van der Waals surface area contributed by atoms with Crippen LogP contribution < -0.4 is 5.56 Å². The van der Waals surface area contributed by atoms with Crippen LogP contribution in [0.1, 0.15) is 21.5 Å². The third kappa shape index (κ3) is 3.15. The van der Waals surface area contributed by atoms with E-state index >= 15 is 0 Å². The maximum Gasteiger partial charge on any atom is 0.274 e. The monoisotopic (exact) mass is 391 g/mol. The summed E-state index contributed by atoms with van der Waals surface area (Å²) >= 11 is 12.9. The molecule has 0 aliphatic heterocycles. The van der Waals surface area contributed by atoms with E-state index in [0.29, 0.717) is 5.13 Å². The van der Waals surface area contributed by atoms with Crippen LogP contribution >= 0.6 is 34.5 Å². The van der Waals surface area contributed by atoms with Crippen LogP contribution in [0.25, 0.3) is 5.13 Å². The number of pyridine rings is 1.